The monoisotopic (exact) mass is 557 g/mol. The van der Waals surface area contributed by atoms with Crippen LogP contribution in [0.5, 0.6) is 0 Å². The average Bonchev–Trinajstić information content (AvgIpc) is 2.96. The zero-order valence-corrected chi connectivity index (χ0v) is 24.1. The number of aromatic nitrogens is 3. The highest BCUT2D eigenvalue weighted by Crippen LogP contribution is 2.26. The number of aliphatic hydroxyl groups excluding tert-OH is 1. The van der Waals surface area contributed by atoms with E-state index in [2.05, 4.69) is 29.0 Å². The van der Waals surface area contributed by atoms with Gasteiger partial charge in [0.2, 0.25) is 0 Å². The van der Waals surface area contributed by atoms with Gasteiger partial charge in [-0.1, -0.05) is 12.1 Å². The molecule has 1 aliphatic heterocycles. The summed E-state index contributed by atoms with van der Waals surface area (Å²) in [5.41, 5.74) is 4.65. The first kappa shape index (κ1) is 28.0. The molecule has 2 N–H and O–H groups in total. The lowest BCUT2D eigenvalue weighted by molar-refractivity contribution is -0.00545. The molecule has 3 aromatic heterocycles. The maximum atomic E-state index is 13.1. The van der Waals surface area contributed by atoms with E-state index in [9.17, 15) is 9.90 Å². The lowest BCUT2D eigenvalue weighted by atomic mass is 10.1. The molecule has 9 heteroatoms. The highest BCUT2D eigenvalue weighted by atomic mass is 32.2. The summed E-state index contributed by atoms with van der Waals surface area (Å²) in [6.45, 7) is 7.69. The van der Waals surface area contributed by atoms with Crippen LogP contribution < -0.4 is 10.2 Å². The Morgan fingerprint density at radius 3 is 2.62 bits per heavy atom. The summed E-state index contributed by atoms with van der Waals surface area (Å²) in [5, 5.41) is 13.7. The fourth-order valence-electron chi connectivity index (χ4n) is 5.10. The Hall–Kier alpha value is -3.53. The van der Waals surface area contributed by atoms with E-state index in [0.29, 0.717) is 17.7 Å². The van der Waals surface area contributed by atoms with E-state index in [1.807, 2.05) is 67.8 Å². The number of nitrogens with zero attached hydrogens (tertiary/aromatic N) is 4. The van der Waals surface area contributed by atoms with Crippen molar-refractivity contribution >= 4 is 34.4 Å². The Labute approximate surface area is 239 Å². The number of carbonyl (C=O) groups excluding carboxylic acids is 1. The van der Waals surface area contributed by atoms with Crippen molar-refractivity contribution in [2.75, 3.05) is 30.9 Å². The van der Waals surface area contributed by atoms with Crippen LogP contribution in [0, 0.1) is 6.92 Å². The number of thioether (sulfide) groups is 1. The molecule has 1 saturated heterocycles. The van der Waals surface area contributed by atoms with Crippen molar-refractivity contribution in [3.63, 3.8) is 0 Å². The van der Waals surface area contributed by atoms with Gasteiger partial charge < -0.3 is 20.1 Å². The summed E-state index contributed by atoms with van der Waals surface area (Å²) < 4.78 is 5.88. The van der Waals surface area contributed by atoms with Crippen LogP contribution in [0.2, 0.25) is 0 Å². The topological polar surface area (TPSA) is 100 Å². The van der Waals surface area contributed by atoms with Crippen LogP contribution in [0.4, 0.5) is 5.82 Å². The van der Waals surface area contributed by atoms with E-state index in [4.69, 9.17) is 14.7 Å². The van der Waals surface area contributed by atoms with Crippen LogP contribution >= 0.6 is 11.8 Å². The highest BCUT2D eigenvalue weighted by molar-refractivity contribution is 7.98. The van der Waals surface area contributed by atoms with Gasteiger partial charge in [0.15, 0.2) is 0 Å². The van der Waals surface area contributed by atoms with Gasteiger partial charge in [-0.3, -0.25) is 9.78 Å². The standard InChI is InChI=1S/C31H35N5O3S/c1-19-8-9-22(14-29(19)40-4)31(38)35-26(12-13-37)28-15-27-23(16-32-28)10-11-25(33-27)24-6-5-7-30(34-24)36-17-20(2)39-21(3)18-36/h5-11,14-16,20-21,26,37H,12-13,17-18H2,1-4H3,(H,35,38). The van der Waals surface area contributed by atoms with Crippen molar-refractivity contribution in [1.29, 1.82) is 0 Å². The van der Waals surface area contributed by atoms with Crippen LogP contribution in [-0.2, 0) is 4.74 Å². The second-order valence-electron chi connectivity index (χ2n) is 10.3. The van der Waals surface area contributed by atoms with Gasteiger partial charge in [0.05, 0.1) is 40.8 Å². The number of fused-ring (bicyclic) bond motifs is 1. The van der Waals surface area contributed by atoms with Crippen molar-refractivity contribution in [2.24, 2.45) is 0 Å². The van der Waals surface area contributed by atoms with Gasteiger partial charge in [-0.25, -0.2) is 9.97 Å². The third kappa shape index (κ3) is 6.27. The second-order valence-corrected chi connectivity index (χ2v) is 11.1. The van der Waals surface area contributed by atoms with Crippen LogP contribution in [0.3, 0.4) is 0 Å². The molecule has 3 atom stereocenters. The van der Waals surface area contributed by atoms with E-state index in [0.717, 1.165) is 51.7 Å². The number of aliphatic hydroxyl groups is 1. The fraction of sp³-hybridized carbons (Fsp3) is 0.355. The van der Waals surface area contributed by atoms with E-state index in [1.165, 1.54) is 0 Å². The third-order valence-corrected chi connectivity index (χ3v) is 7.97. The lowest BCUT2D eigenvalue weighted by Gasteiger charge is -2.36. The van der Waals surface area contributed by atoms with Gasteiger partial charge in [-0.05, 0) is 81.5 Å². The smallest absolute Gasteiger partial charge is 0.251 e. The van der Waals surface area contributed by atoms with Crippen molar-refractivity contribution in [3.05, 3.63) is 77.6 Å². The predicted molar refractivity (Wildman–Crippen MR) is 160 cm³/mol. The lowest BCUT2D eigenvalue weighted by Crippen LogP contribution is -2.45. The molecule has 3 unspecified atom stereocenters. The molecule has 0 saturated carbocycles. The fourth-order valence-corrected chi connectivity index (χ4v) is 5.73. The molecule has 0 radical (unpaired) electrons. The zero-order valence-electron chi connectivity index (χ0n) is 23.3. The quantitative estimate of drug-likeness (QED) is 0.286. The Balaban J connectivity index is 1.41. The molecule has 0 aliphatic carbocycles. The number of hydrogen-bond donors (Lipinski definition) is 2. The number of benzene rings is 1. The molecule has 208 valence electrons. The molecule has 0 spiro atoms. The molecule has 1 aromatic carbocycles. The van der Waals surface area contributed by atoms with Gasteiger partial charge in [0.1, 0.15) is 5.82 Å². The van der Waals surface area contributed by atoms with Gasteiger partial charge in [0.25, 0.3) is 5.91 Å². The molecule has 4 aromatic rings. The maximum Gasteiger partial charge on any atom is 0.251 e. The number of amides is 1. The summed E-state index contributed by atoms with van der Waals surface area (Å²) in [6.07, 6.45) is 4.38. The predicted octanol–water partition coefficient (Wildman–Crippen LogP) is 5.19. The Morgan fingerprint density at radius 2 is 1.88 bits per heavy atom. The largest absolute Gasteiger partial charge is 0.396 e. The molecular formula is C31H35N5O3S. The number of carbonyl (C=O) groups is 1. The molecule has 0 bridgehead atoms. The van der Waals surface area contributed by atoms with E-state index < -0.39 is 6.04 Å². The van der Waals surface area contributed by atoms with Crippen LogP contribution in [0.25, 0.3) is 22.3 Å². The molecule has 1 fully saturated rings. The summed E-state index contributed by atoms with van der Waals surface area (Å²) >= 11 is 1.61. The minimum atomic E-state index is -0.460. The number of aryl methyl sites for hydroxylation is 1. The molecule has 5 rings (SSSR count). The van der Waals surface area contributed by atoms with Gasteiger partial charge >= 0.3 is 0 Å². The Morgan fingerprint density at radius 1 is 1.10 bits per heavy atom. The van der Waals surface area contributed by atoms with Crippen LogP contribution in [-0.4, -0.2) is 64.1 Å². The SMILES string of the molecule is CSc1cc(C(=O)NC(CCO)c2cc3nc(-c4cccc(N5CC(C)OC(C)C5)n4)ccc3cn2)ccc1C. The molecule has 40 heavy (non-hydrogen) atoms. The van der Waals surface area contributed by atoms with Crippen molar-refractivity contribution < 1.29 is 14.6 Å². The normalized spacial score (nSPS) is 18.1. The second kappa shape index (κ2) is 12.3. The molecule has 4 heterocycles. The van der Waals surface area contributed by atoms with Gasteiger partial charge in [-0.15, -0.1) is 11.8 Å². The highest BCUT2D eigenvalue weighted by Gasteiger charge is 2.23. The van der Waals surface area contributed by atoms with Crippen molar-refractivity contribution in [3.8, 4) is 11.4 Å². The Kier molecular flexibility index (Phi) is 8.63. The minimum Gasteiger partial charge on any atom is -0.396 e. The first-order chi connectivity index (χ1) is 19.3. The zero-order chi connectivity index (χ0) is 28.2. The summed E-state index contributed by atoms with van der Waals surface area (Å²) in [5.74, 6) is 0.702. The first-order valence-corrected chi connectivity index (χ1v) is 14.8. The van der Waals surface area contributed by atoms with Crippen molar-refractivity contribution in [2.45, 2.75) is 50.3 Å². The molecule has 8 nitrogen and oxygen atoms in total. The Bertz CT molecular complexity index is 1500. The van der Waals surface area contributed by atoms with E-state index in [-0.39, 0.29) is 24.7 Å². The van der Waals surface area contributed by atoms with Gasteiger partial charge in [-0.2, -0.15) is 0 Å². The number of anilines is 1. The average molecular weight is 558 g/mol. The molecule has 1 amide bonds. The van der Waals surface area contributed by atoms with Crippen LogP contribution in [0.1, 0.15) is 47.9 Å². The minimum absolute atomic E-state index is 0.0857. The maximum absolute atomic E-state index is 13.1. The van der Waals surface area contributed by atoms with E-state index in [1.54, 1.807) is 18.0 Å². The molecular weight excluding hydrogens is 522 g/mol. The first-order valence-electron chi connectivity index (χ1n) is 13.6. The summed E-state index contributed by atoms with van der Waals surface area (Å²) in [7, 11) is 0. The van der Waals surface area contributed by atoms with E-state index >= 15 is 0 Å². The summed E-state index contributed by atoms with van der Waals surface area (Å²) in [4.78, 5) is 30.9. The third-order valence-electron chi connectivity index (χ3n) is 7.09. The van der Waals surface area contributed by atoms with Crippen LogP contribution in [0.15, 0.2) is 65.7 Å². The van der Waals surface area contributed by atoms with Gasteiger partial charge in [0, 0.05) is 41.7 Å². The number of rotatable bonds is 8. The summed E-state index contributed by atoms with van der Waals surface area (Å²) in [6, 6.07) is 17.0. The molecule has 1 aliphatic rings. The number of nitrogens with one attached hydrogen (secondary N) is 1. The number of hydrogen-bond acceptors (Lipinski definition) is 8. The number of morpholine rings is 1. The van der Waals surface area contributed by atoms with Crippen molar-refractivity contribution in [1.82, 2.24) is 20.3 Å². The number of ether oxygens (including phenoxy) is 1. The number of pyridine rings is 3.